The van der Waals surface area contributed by atoms with Gasteiger partial charge in [0.2, 0.25) is 0 Å². The largest absolute Gasteiger partial charge is 0.457 e. The van der Waals surface area contributed by atoms with Crippen LogP contribution in [0.4, 0.5) is 0 Å². The molecule has 0 aliphatic heterocycles. The van der Waals surface area contributed by atoms with E-state index in [1.807, 2.05) is 48.5 Å². The Morgan fingerprint density at radius 2 is 0.516 bits per heavy atom. The molecule has 13 rings (SSSR count). The van der Waals surface area contributed by atoms with Gasteiger partial charge in [-0.1, -0.05) is 323 Å². The van der Waals surface area contributed by atoms with Crippen molar-refractivity contribution < 1.29 is 4.74 Å². The van der Waals surface area contributed by atoms with Gasteiger partial charge in [0, 0.05) is 15.2 Å². The highest BCUT2D eigenvalue weighted by Crippen LogP contribution is 2.56. The predicted octanol–water partition coefficient (Wildman–Crippen LogP) is 24.4. The smallest absolute Gasteiger partial charge is 0.127 e. The molecule has 0 radical (unpaired) electrons. The van der Waals surface area contributed by atoms with Crippen molar-refractivity contribution in [1.82, 2.24) is 0 Å². The van der Waals surface area contributed by atoms with Gasteiger partial charge in [0.25, 0.3) is 0 Å². The maximum atomic E-state index is 5.69. The van der Waals surface area contributed by atoms with Crippen LogP contribution in [-0.4, -0.2) is 0 Å². The summed E-state index contributed by atoms with van der Waals surface area (Å²) in [5.41, 5.74) is 29.0. The van der Waals surface area contributed by atoms with Crippen LogP contribution in [0.15, 0.2) is 289 Å². The Kier molecular flexibility index (Phi) is 22.2. The molecule has 0 unspecified atom stereocenters. The summed E-state index contributed by atoms with van der Waals surface area (Å²) in [6, 6.07) is 101. The average Bonchev–Trinajstić information content (AvgIpc) is 1.56. The summed E-state index contributed by atoms with van der Waals surface area (Å²) < 4.78 is 5.69. The van der Waals surface area contributed by atoms with Gasteiger partial charge in [0.15, 0.2) is 0 Å². The molecule has 1 nitrogen and oxygen atoms in total. The van der Waals surface area contributed by atoms with Crippen LogP contribution in [0.3, 0.4) is 0 Å². The third-order valence-corrected chi connectivity index (χ3v) is 18.2. The van der Waals surface area contributed by atoms with Gasteiger partial charge in [0.1, 0.15) is 11.5 Å². The van der Waals surface area contributed by atoms with Gasteiger partial charge in [0.05, 0.1) is 5.41 Å². The molecule has 0 atom stereocenters. The van der Waals surface area contributed by atoms with E-state index in [1.165, 1.54) is 132 Å². The molecule has 0 aromatic heterocycles. The van der Waals surface area contributed by atoms with Crippen LogP contribution in [0.25, 0.3) is 11.1 Å². The Balaban J connectivity index is 0.000000139. The number of benzene rings is 12. The predicted molar refractivity (Wildman–Crippen MR) is 391 cm³/mol. The minimum Gasteiger partial charge on any atom is -0.457 e. The summed E-state index contributed by atoms with van der Waals surface area (Å²) >= 11 is 1.80. The van der Waals surface area contributed by atoms with Crippen molar-refractivity contribution in [1.29, 1.82) is 0 Å². The molecule has 0 saturated heterocycles. The van der Waals surface area contributed by atoms with Gasteiger partial charge in [-0.15, -0.1) is 0 Å². The SMILES string of the molecule is Cc1ccc(C(C)(C)c2ccc(C)cc2)cc1.Cc1ccc(C2(c3ccc(C)cc3)c3cc(C)ccc3-c3ccc(C)cc32)cc1.Cc1ccc(Cc2ccc(C)cc2)cc1.Cc1ccc(Oc2ccc(C)cc2)cc1.Cc1ccc(Sc2ccc(C)cc2)cc1. The fourth-order valence-corrected chi connectivity index (χ4v) is 12.2. The Labute approximate surface area is 550 Å². The molecule has 0 bridgehead atoms. The van der Waals surface area contributed by atoms with Crippen LogP contribution in [0.1, 0.15) is 125 Å². The first-order chi connectivity index (χ1) is 43.7. The maximum Gasteiger partial charge on any atom is 0.127 e. The molecule has 0 saturated carbocycles. The molecule has 12 aromatic rings. The van der Waals surface area contributed by atoms with Crippen molar-refractivity contribution in [2.75, 3.05) is 0 Å². The van der Waals surface area contributed by atoms with Crippen LogP contribution in [-0.2, 0) is 17.3 Å². The summed E-state index contributed by atoms with van der Waals surface area (Å²) in [6.45, 7) is 30.1. The number of rotatable bonds is 10. The fourth-order valence-electron chi connectivity index (χ4n) is 11.4. The lowest BCUT2D eigenvalue weighted by molar-refractivity contribution is 0.482. The summed E-state index contributed by atoms with van der Waals surface area (Å²) in [5, 5.41) is 0. The van der Waals surface area contributed by atoms with Crippen molar-refractivity contribution in [3.05, 3.63) is 390 Å². The van der Waals surface area contributed by atoms with E-state index in [1.54, 1.807) is 11.8 Å². The Hall–Kier alpha value is -9.21. The normalized spacial score (nSPS) is 11.6. The number of aryl methyl sites for hydroxylation is 12. The zero-order valence-electron chi connectivity index (χ0n) is 56.1. The van der Waals surface area contributed by atoms with E-state index in [4.69, 9.17) is 4.74 Å². The average molecular weight is 1210 g/mol. The second kappa shape index (κ2) is 30.5. The highest BCUT2D eigenvalue weighted by atomic mass is 32.2. The zero-order chi connectivity index (χ0) is 64.7. The third-order valence-electron chi connectivity index (χ3n) is 17.2. The van der Waals surface area contributed by atoms with Gasteiger partial charge in [-0.2, -0.15) is 0 Å². The van der Waals surface area contributed by atoms with Crippen molar-refractivity contribution in [2.24, 2.45) is 0 Å². The molecule has 1 aliphatic rings. The van der Waals surface area contributed by atoms with E-state index in [-0.39, 0.29) is 10.8 Å². The summed E-state index contributed by atoms with van der Waals surface area (Å²) in [5.74, 6) is 1.76. The number of hydrogen-bond acceptors (Lipinski definition) is 2. The van der Waals surface area contributed by atoms with Crippen molar-refractivity contribution in [3.8, 4) is 22.6 Å². The van der Waals surface area contributed by atoms with Gasteiger partial charge in [-0.25, -0.2) is 0 Å². The second-order valence-electron chi connectivity index (χ2n) is 25.5. The lowest BCUT2D eigenvalue weighted by atomic mass is 9.67. The van der Waals surface area contributed by atoms with E-state index in [9.17, 15) is 0 Å². The minimum absolute atomic E-state index is 0.0708. The summed E-state index contributed by atoms with van der Waals surface area (Å²) in [6.07, 6.45) is 1.03. The number of fused-ring (bicyclic) bond motifs is 3. The quantitative estimate of drug-likeness (QED) is 0.135. The van der Waals surface area contributed by atoms with E-state index in [0.717, 1.165) is 17.9 Å². The standard InChI is InChI=1S/C29H26.C17H20.C15H16.C14H14O.C14H14S/c1-19-5-11-23(12-6-19)29(24-13-7-20(2)8-14-24)27-17-21(3)9-15-25(27)26-16-10-22(4)18-28(26)29;1-13-5-9-15(10-6-13)17(3,4)16-11-7-14(2)8-12-16;1-12-3-7-14(8-4-12)11-15-9-5-13(2)6-10-15;2*1-11-3-7-13(8-4-11)15-14-9-5-12(2)6-10-14/h5-18H,1-4H3;5-12H,1-4H3;3-10H,11H2,1-2H3;2*3-10H,1-2H3. The Morgan fingerprint density at radius 1 is 0.275 bits per heavy atom. The molecular formula is C89H90OS. The van der Waals surface area contributed by atoms with Gasteiger partial charge >= 0.3 is 0 Å². The van der Waals surface area contributed by atoms with Crippen LogP contribution < -0.4 is 4.74 Å². The first kappa shape index (κ1) is 66.2. The molecule has 0 heterocycles. The van der Waals surface area contributed by atoms with Crippen LogP contribution in [0, 0.1) is 83.1 Å². The molecule has 12 aromatic carbocycles. The van der Waals surface area contributed by atoms with E-state index < -0.39 is 0 Å². The summed E-state index contributed by atoms with van der Waals surface area (Å²) in [4.78, 5) is 2.59. The molecule has 0 spiro atoms. The maximum absolute atomic E-state index is 5.69. The molecular weight excluding hydrogens is 1120 g/mol. The molecule has 0 N–H and O–H groups in total. The van der Waals surface area contributed by atoms with E-state index >= 15 is 0 Å². The van der Waals surface area contributed by atoms with Crippen molar-refractivity contribution in [2.45, 2.75) is 124 Å². The molecule has 0 fully saturated rings. The monoisotopic (exact) mass is 1210 g/mol. The first-order valence-electron chi connectivity index (χ1n) is 32.0. The molecule has 0 amide bonds. The third kappa shape index (κ3) is 17.6. The highest BCUT2D eigenvalue weighted by molar-refractivity contribution is 7.99. The second-order valence-corrected chi connectivity index (χ2v) is 26.7. The Bertz CT molecular complexity index is 3740. The van der Waals surface area contributed by atoms with Crippen LogP contribution in [0.2, 0.25) is 0 Å². The lowest BCUT2D eigenvalue weighted by Crippen LogP contribution is -2.28. The van der Waals surface area contributed by atoms with Gasteiger partial charge in [-0.3, -0.25) is 0 Å². The van der Waals surface area contributed by atoms with Crippen molar-refractivity contribution >= 4 is 11.8 Å². The lowest BCUT2D eigenvalue weighted by Gasteiger charge is -2.34. The van der Waals surface area contributed by atoms with Crippen LogP contribution >= 0.6 is 11.8 Å². The topological polar surface area (TPSA) is 9.23 Å². The fraction of sp³-hybridized carbons (Fsp3) is 0.191. The Morgan fingerprint density at radius 3 is 0.813 bits per heavy atom. The first-order valence-corrected chi connectivity index (χ1v) is 32.8. The van der Waals surface area contributed by atoms with Gasteiger partial charge in [-0.05, 0) is 194 Å². The number of hydrogen-bond donors (Lipinski definition) is 0. The molecule has 1 aliphatic carbocycles. The zero-order valence-corrected chi connectivity index (χ0v) is 56.9. The highest BCUT2D eigenvalue weighted by Gasteiger charge is 2.46. The van der Waals surface area contributed by atoms with E-state index in [0.29, 0.717) is 0 Å². The van der Waals surface area contributed by atoms with Crippen LogP contribution in [0.5, 0.6) is 11.5 Å². The van der Waals surface area contributed by atoms with E-state index in [2.05, 4.69) is 327 Å². The molecule has 458 valence electrons. The number of ether oxygens (including phenoxy) is 1. The van der Waals surface area contributed by atoms with Crippen molar-refractivity contribution in [3.63, 3.8) is 0 Å². The van der Waals surface area contributed by atoms with Gasteiger partial charge < -0.3 is 4.74 Å². The molecule has 2 heteroatoms. The summed E-state index contributed by atoms with van der Waals surface area (Å²) in [7, 11) is 0. The molecule has 91 heavy (non-hydrogen) atoms. The minimum atomic E-state index is -0.288.